The zero-order valence-corrected chi connectivity index (χ0v) is 17.5. The van der Waals surface area contributed by atoms with Gasteiger partial charge in [0.1, 0.15) is 11.3 Å². The van der Waals surface area contributed by atoms with Crippen LogP contribution < -0.4 is 15.1 Å². The maximum Gasteiger partial charge on any atom is 0.297 e. The second kappa shape index (κ2) is 7.57. The van der Waals surface area contributed by atoms with Crippen molar-refractivity contribution in [1.29, 1.82) is 0 Å². The van der Waals surface area contributed by atoms with E-state index in [1.165, 1.54) is 40.5 Å². The van der Waals surface area contributed by atoms with Crippen molar-refractivity contribution in [2.75, 3.05) is 11.5 Å². The first kappa shape index (κ1) is 19.9. The lowest BCUT2D eigenvalue weighted by atomic mass is 9.98. The van der Waals surface area contributed by atoms with E-state index >= 15 is 0 Å². The Bertz CT molecular complexity index is 1410. The second-order valence-corrected chi connectivity index (χ2v) is 7.88. The average molecular weight is 449 g/mol. The molecule has 0 aliphatic carbocycles. The van der Waals surface area contributed by atoms with E-state index in [-0.39, 0.29) is 28.0 Å². The van der Waals surface area contributed by atoms with E-state index in [0.717, 1.165) is 0 Å². The van der Waals surface area contributed by atoms with Gasteiger partial charge in [0, 0.05) is 29.8 Å². The fourth-order valence-corrected chi connectivity index (χ4v) is 4.50. The Morgan fingerprint density at radius 3 is 2.66 bits per heavy atom. The van der Waals surface area contributed by atoms with Crippen molar-refractivity contribution in [3.8, 4) is 5.75 Å². The van der Waals surface area contributed by atoms with E-state index in [2.05, 4.69) is 4.98 Å². The molecule has 0 saturated carbocycles. The van der Waals surface area contributed by atoms with Crippen LogP contribution in [0.2, 0.25) is 0 Å². The number of carbonyl (C=O) groups is 1. The normalized spacial score (nSPS) is 15.2. The van der Waals surface area contributed by atoms with Gasteiger partial charge in [-0.25, -0.2) is 4.98 Å². The number of carbonyl (C=O) groups excluding carboxylic acids is 1. The summed E-state index contributed by atoms with van der Waals surface area (Å²) >= 11 is 1.24. The van der Waals surface area contributed by atoms with Crippen molar-refractivity contribution in [2.45, 2.75) is 13.0 Å². The molecule has 32 heavy (non-hydrogen) atoms. The predicted octanol–water partition coefficient (Wildman–Crippen LogP) is 4.31. The molecule has 0 radical (unpaired) electrons. The van der Waals surface area contributed by atoms with Crippen molar-refractivity contribution in [1.82, 2.24) is 4.98 Å². The van der Waals surface area contributed by atoms with Crippen LogP contribution >= 0.6 is 11.3 Å². The lowest BCUT2D eigenvalue weighted by Crippen LogP contribution is -2.29. The molecule has 160 valence electrons. The topological polar surface area (TPSA) is 116 Å². The number of non-ortho nitro benzene ring substituents is 1. The first-order chi connectivity index (χ1) is 15.5. The van der Waals surface area contributed by atoms with Gasteiger partial charge in [-0.3, -0.25) is 24.6 Å². The Hall–Kier alpha value is -4.05. The molecule has 4 aromatic rings. The predicted molar refractivity (Wildman–Crippen MR) is 118 cm³/mol. The third-order valence-electron chi connectivity index (χ3n) is 5.20. The smallest absolute Gasteiger partial charge is 0.297 e. The quantitative estimate of drug-likeness (QED) is 0.329. The number of nitro benzene ring substituents is 1. The molecule has 1 atom stereocenters. The molecule has 0 bridgehead atoms. The molecule has 10 heteroatoms. The first-order valence-corrected chi connectivity index (χ1v) is 10.6. The van der Waals surface area contributed by atoms with Crippen LogP contribution in [0.25, 0.3) is 11.0 Å². The van der Waals surface area contributed by atoms with Crippen LogP contribution in [-0.2, 0) is 0 Å². The van der Waals surface area contributed by atoms with E-state index in [4.69, 9.17) is 9.15 Å². The van der Waals surface area contributed by atoms with E-state index in [0.29, 0.717) is 28.4 Å². The molecule has 0 N–H and O–H groups in total. The number of ether oxygens (including phenoxy) is 1. The van der Waals surface area contributed by atoms with Gasteiger partial charge in [0.25, 0.3) is 11.6 Å². The molecule has 1 aliphatic rings. The maximum atomic E-state index is 13.5. The van der Waals surface area contributed by atoms with Gasteiger partial charge in [-0.2, -0.15) is 0 Å². The van der Waals surface area contributed by atoms with Crippen molar-refractivity contribution < 1.29 is 18.9 Å². The van der Waals surface area contributed by atoms with Gasteiger partial charge in [0.2, 0.25) is 5.76 Å². The summed E-state index contributed by atoms with van der Waals surface area (Å²) < 4.78 is 11.4. The molecule has 0 fully saturated rings. The van der Waals surface area contributed by atoms with Gasteiger partial charge >= 0.3 is 0 Å². The van der Waals surface area contributed by atoms with Crippen LogP contribution in [0.3, 0.4) is 0 Å². The van der Waals surface area contributed by atoms with Gasteiger partial charge in [-0.05, 0) is 36.8 Å². The van der Waals surface area contributed by atoms with Crippen LogP contribution in [-0.4, -0.2) is 22.4 Å². The summed E-state index contributed by atoms with van der Waals surface area (Å²) in [4.78, 5) is 43.1. The Labute approximate surface area is 184 Å². The van der Waals surface area contributed by atoms with Gasteiger partial charge in [-0.1, -0.05) is 0 Å². The molecule has 3 heterocycles. The van der Waals surface area contributed by atoms with E-state index in [1.54, 1.807) is 29.8 Å². The summed E-state index contributed by atoms with van der Waals surface area (Å²) in [7, 11) is 0. The van der Waals surface area contributed by atoms with Crippen LogP contribution in [0.4, 0.5) is 10.8 Å². The minimum Gasteiger partial charge on any atom is -0.494 e. The lowest BCUT2D eigenvalue weighted by molar-refractivity contribution is -0.384. The highest BCUT2D eigenvalue weighted by molar-refractivity contribution is 7.13. The van der Waals surface area contributed by atoms with Gasteiger partial charge < -0.3 is 9.15 Å². The molecule has 9 nitrogen and oxygen atoms in total. The molecule has 0 spiro atoms. The Morgan fingerprint density at radius 2 is 2.00 bits per heavy atom. The van der Waals surface area contributed by atoms with Crippen molar-refractivity contribution in [3.63, 3.8) is 0 Å². The SMILES string of the molecule is CCOc1ccc2c(=O)c3c(oc2c1)C(=O)N(c1nccs1)C3c1ccc([N+](=O)[O-])cc1. The van der Waals surface area contributed by atoms with Crippen LogP contribution in [0.5, 0.6) is 5.75 Å². The molecule has 2 aromatic heterocycles. The highest BCUT2D eigenvalue weighted by Gasteiger charge is 2.44. The number of nitrogens with zero attached hydrogens (tertiary/aromatic N) is 3. The summed E-state index contributed by atoms with van der Waals surface area (Å²) in [6, 6.07) is 9.80. The first-order valence-electron chi connectivity index (χ1n) is 9.70. The van der Waals surface area contributed by atoms with Crippen molar-refractivity contribution in [2.24, 2.45) is 0 Å². The molecule has 0 saturated heterocycles. The molecule has 1 amide bonds. The zero-order chi connectivity index (χ0) is 22.4. The number of thiazole rings is 1. The molecule has 1 aliphatic heterocycles. The second-order valence-electron chi connectivity index (χ2n) is 7.01. The summed E-state index contributed by atoms with van der Waals surface area (Å²) in [5.74, 6) is -0.0499. The monoisotopic (exact) mass is 449 g/mol. The number of nitro groups is 1. The summed E-state index contributed by atoms with van der Waals surface area (Å²) in [5, 5.41) is 13.5. The number of fused-ring (bicyclic) bond motifs is 2. The van der Waals surface area contributed by atoms with Gasteiger partial charge in [-0.15, -0.1) is 11.3 Å². The minimum absolute atomic E-state index is 0.0744. The Kier molecular flexibility index (Phi) is 4.71. The highest BCUT2D eigenvalue weighted by atomic mass is 32.1. The Morgan fingerprint density at radius 1 is 1.22 bits per heavy atom. The summed E-state index contributed by atoms with van der Waals surface area (Å²) in [6.07, 6.45) is 1.56. The number of rotatable bonds is 5. The molecule has 5 rings (SSSR count). The van der Waals surface area contributed by atoms with E-state index in [1.807, 2.05) is 6.92 Å². The number of aromatic nitrogens is 1. The number of hydrogen-bond acceptors (Lipinski definition) is 8. The largest absolute Gasteiger partial charge is 0.494 e. The summed E-state index contributed by atoms with van der Waals surface area (Å²) in [6.45, 7) is 2.28. The maximum absolute atomic E-state index is 13.5. The van der Waals surface area contributed by atoms with E-state index in [9.17, 15) is 19.7 Å². The molecular formula is C22H15N3O6S. The highest BCUT2D eigenvalue weighted by Crippen LogP contribution is 2.42. The number of amides is 1. The Balaban J connectivity index is 1.74. The van der Waals surface area contributed by atoms with Gasteiger partial charge in [0.15, 0.2) is 10.6 Å². The van der Waals surface area contributed by atoms with Crippen LogP contribution in [0.15, 0.2) is 63.3 Å². The van der Waals surface area contributed by atoms with Crippen molar-refractivity contribution >= 4 is 39.0 Å². The number of hydrogen-bond donors (Lipinski definition) is 0. The third-order valence-corrected chi connectivity index (χ3v) is 5.97. The minimum atomic E-state index is -0.823. The standard InChI is InChI=1S/C22H15N3O6S/c1-2-30-14-7-8-15-16(11-14)31-20-17(19(15)26)18(12-3-5-13(6-4-12)25(28)29)24(21(20)27)22-23-9-10-32-22/h3-11,18H,2H2,1H3. The molecule has 2 aromatic carbocycles. The van der Waals surface area contributed by atoms with Crippen LogP contribution in [0, 0.1) is 10.1 Å². The van der Waals surface area contributed by atoms with Gasteiger partial charge in [0.05, 0.1) is 28.5 Å². The fourth-order valence-electron chi connectivity index (χ4n) is 3.83. The molecular weight excluding hydrogens is 434 g/mol. The lowest BCUT2D eigenvalue weighted by Gasteiger charge is -2.22. The average Bonchev–Trinajstić information content (AvgIpc) is 3.41. The van der Waals surface area contributed by atoms with E-state index < -0.39 is 16.9 Å². The number of benzene rings is 2. The molecule has 1 unspecified atom stereocenters. The zero-order valence-electron chi connectivity index (χ0n) is 16.7. The van der Waals surface area contributed by atoms with Crippen LogP contribution in [0.1, 0.15) is 34.6 Å². The third kappa shape index (κ3) is 3.04. The fraction of sp³-hybridized carbons (Fsp3) is 0.136. The van der Waals surface area contributed by atoms with Crippen molar-refractivity contribution in [3.05, 3.63) is 91.3 Å². The summed E-state index contributed by atoms with van der Waals surface area (Å²) in [5.41, 5.74) is 0.524. The number of anilines is 1.